The molecule has 3 rings (SSSR count). The van der Waals surface area contributed by atoms with Gasteiger partial charge >= 0.3 is 0 Å². The molecule has 1 aliphatic carbocycles. The van der Waals surface area contributed by atoms with Crippen LogP contribution in [0.15, 0.2) is 30.6 Å². The zero-order chi connectivity index (χ0) is 14.9. The second-order valence-electron chi connectivity index (χ2n) is 5.68. The average molecular weight is 284 g/mol. The molecule has 1 aromatic heterocycles. The van der Waals surface area contributed by atoms with E-state index in [1.165, 1.54) is 31.1 Å². The normalized spacial score (nSPS) is 16.9. The first-order valence-electron chi connectivity index (χ1n) is 7.33. The summed E-state index contributed by atoms with van der Waals surface area (Å²) in [7, 11) is 1.54. The number of hydrogen-bond donors (Lipinski definition) is 1. The molecule has 1 atom stereocenters. The molecule has 1 N–H and O–H groups in total. The Morgan fingerprint density at radius 3 is 2.57 bits per heavy atom. The Balaban J connectivity index is 2.05. The van der Waals surface area contributed by atoms with Crippen LogP contribution in [0.3, 0.4) is 0 Å². The van der Waals surface area contributed by atoms with Crippen LogP contribution in [0.5, 0.6) is 5.88 Å². The van der Waals surface area contributed by atoms with Gasteiger partial charge in [-0.05, 0) is 49.3 Å². The monoisotopic (exact) mass is 284 g/mol. The van der Waals surface area contributed by atoms with Crippen LogP contribution < -0.4 is 4.74 Å². The van der Waals surface area contributed by atoms with Crippen LogP contribution in [-0.4, -0.2) is 22.2 Å². The lowest BCUT2D eigenvalue weighted by molar-refractivity contribution is 0.0928. The van der Waals surface area contributed by atoms with Crippen molar-refractivity contribution in [1.82, 2.24) is 9.97 Å². The van der Waals surface area contributed by atoms with Crippen molar-refractivity contribution in [2.75, 3.05) is 7.11 Å². The quantitative estimate of drug-likeness (QED) is 0.941. The summed E-state index contributed by atoms with van der Waals surface area (Å²) < 4.78 is 5.23. The Hall–Kier alpha value is -1.94. The fourth-order valence-corrected chi connectivity index (χ4v) is 2.98. The molecule has 4 heteroatoms. The van der Waals surface area contributed by atoms with E-state index >= 15 is 0 Å². The molecule has 2 aromatic rings. The van der Waals surface area contributed by atoms with Crippen LogP contribution in [0.25, 0.3) is 0 Å². The molecule has 0 saturated carbocycles. The molecular weight excluding hydrogens is 264 g/mol. The van der Waals surface area contributed by atoms with E-state index in [-0.39, 0.29) is 0 Å². The number of aliphatic hydroxyl groups is 1. The fourth-order valence-electron chi connectivity index (χ4n) is 2.98. The van der Waals surface area contributed by atoms with Crippen molar-refractivity contribution in [3.8, 4) is 5.88 Å². The number of fused-ring (bicyclic) bond motifs is 1. The molecule has 0 radical (unpaired) electrons. The molecule has 0 saturated heterocycles. The minimum atomic E-state index is -1.22. The predicted octanol–water partition coefficient (Wildman–Crippen LogP) is 2.62. The average Bonchev–Trinajstić information content (AvgIpc) is 2.54. The first-order valence-corrected chi connectivity index (χ1v) is 7.33. The van der Waals surface area contributed by atoms with Crippen LogP contribution in [0.4, 0.5) is 0 Å². The summed E-state index contributed by atoms with van der Waals surface area (Å²) in [5, 5.41) is 11.0. The first-order chi connectivity index (χ1) is 10.1. The summed E-state index contributed by atoms with van der Waals surface area (Å²) in [6.07, 6.45) is 7.81. The summed E-state index contributed by atoms with van der Waals surface area (Å²) in [4.78, 5) is 8.40. The van der Waals surface area contributed by atoms with Gasteiger partial charge in [0.05, 0.1) is 7.11 Å². The maximum atomic E-state index is 11.0. The molecule has 0 fully saturated rings. The van der Waals surface area contributed by atoms with E-state index in [0.29, 0.717) is 11.6 Å². The van der Waals surface area contributed by atoms with Gasteiger partial charge in [-0.25, -0.2) is 4.98 Å². The van der Waals surface area contributed by atoms with Crippen LogP contribution >= 0.6 is 0 Å². The third-order valence-corrected chi connectivity index (χ3v) is 4.23. The molecule has 1 aliphatic rings. The molecule has 1 aromatic carbocycles. The highest BCUT2D eigenvalue weighted by Crippen LogP contribution is 2.34. The molecule has 0 aliphatic heterocycles. The highest BCUT2D eigenvalue weighted by Gasteiger charge is 2.32. The van der Waals surface area contributed by atoms with Crippen molar-refractivity contribution in [3.63, 3.8) is 0 Å². The molecule has 110 valence electrons. The lowest BCUT2D eigenvalue weighted by Crippen LogP contribution is -2.26. The maximum absolute atomic E-state index is 11.0. The topological polar surface area (TPSA) is 55.2 Å². The van der Waals surface area contributed by atoms with Gasteiger partial charge in [0, 0.05) is 12.4 Å². The van der Waals surface area contributed by atoms with E-state index in [9.17, 15) is 5.11 Å². The van der Waals surface area contributed by atoms with Crippen molar-refractivity contribution in [2.45, 2.75) is 38.2 Å². The summed E-state index contributed by atoms with van der Waals surface area (Å²) >= 11 is 0. The second-order valence-corrected chi connectivity index (χ2v) is 5.68. The minimum Gasteiger partial charge on any atom is -0.480 e. The second kappa shape index (κ2) is 5.45. The summed E-state index contributed by atoms with van der Waals surface area (Å²) in [5.41, 5.74) is 2.80. The zero-order valence-corrected chi connectivity index (χ0v) is 12.5. The maximum Gasteiger partial charge on any atom is 0.238 e. The van der Waals surface area contributed by atoms with Crippen LogP contribution in [-0.2, 0) is 18.4 Å². The Bertz CT molecular complexity index is 653. The number of benzene rings is 1. The number of ether oxygens (including phenoxy) is 1. The molecule has 0 spiro atoms. The minimum absolute atomic E-state index is 0.361. The van der Waals surface area contributed by atoms with Crippen LogP contribution in [0, 0.1) is 0 Å². The lowest BCUT2D eigenvalue weighted by Gasteiger charge is -2.26. The molecule has 0 bridgehead atoms. The van der Waals surface area contributed by atoms with Crippen molar-refractivity contribution in [3.05, 3.63) is 53.0 Å². The summed E-state index contributed by atoms with van der Waals surface area (Å²) in [6.45, 7) is 1.74. The van der Waals surface area contributed by atoms with E-state index in [0.717, 1.165) is 18.4 Å². The molecule has 21 heavy (non-hydrogen) atoms. The summed E-state index contributed by atoms with van der Waals surface area (Å²) in [6, 6.07) is 6.21. The Morgan fingerprint density at radius 1 is 1.10 bits per heavy atom. The molecule has 1 heterocycles. The summed E-state index contributed by atoms with van der Waals surface area (Å²) in [5.74, 6) is 0.361. The van der Waals surface area contributed by atoms with Gasteiger partial charge in [-0.3, -0.25) is 4.98 Å². The van der Waals surface area contributed by atoms with E-state index < -0.39 is 5.60 Å². The third kappa shape index (κ3) is 2.51. The molecular formula is C17H20N2O2. The van der Waals surface area contributed by atoms with Crippen molar-refractivity contribution < 1.29 is 9.84 Å². The third-order valence-electron chi connectivity index (χ3n) is 4.23. The van der Waals surface area contributed by atoms with Crippen molar-refractivity contribution in [1.29, 1.82) is 0 Å². The van der Waals surface area contributed by atoms with Crippen molar-refractivity contribution in [2.24, 2.45) is 0 Å². The van der Waals surface area contributed by atoms with Gasteiger partial charge in [-0.15, -0.1) is 0 Å². The van der Waals surface area contributed by atoms with Crippen molar-refractivity contribution >= 4 is 0 Å². The Kier molecular flexibility index (Phi) is 3.64. The van der Waals surface area contributed by atoms with Gasteiger partial charge < -0.3 is 9.84 Å². The number of nitrogens with zero attached hydrogens (tertiary/aromatic N) is 2. The number of rotatable bonds is 3. The largest absolute Gasteiger partial charge is 0.480 e. The number of methoxy groups -OCH3 is 1. The zero-order valence-electron chi connectivity index (χ0n) is 12.5. The van der Waals surface area contributed by atoms with Crippen LogP contribution in [0.1, 0.15) is 42.1 Å². The van der Waals surface area contributed by atoms with E-state index in [1.807, 2.05) is 6.07 Å². The lowest BCUT2D eigenvalue weighted by atomic mass is 9.85. The highest BCUT2D eigenvalue weighted by molar-refractivity contribution is 5.41. The van der Waals surface area contributed by atoms with Gasteiger partial charge in [0.15, 0.2) is 0 Å². The van der Waals surface area contributed by atoms with Gasteiger partial charge in [0.25, 0.3) is 0 Å². The van der Waals surface area contributed by atoms with Gasteiger partial charge in [-0.1, -0.05) is 18.2 Å². The smallest absolute Gasteiger partial charge is 0.238 e. The highest BCUT2D eigenvalue weighted by atomic mass is 16.5. The predicted molar refractivity (Wildman–Crippen MR) is 80.3 cm³/mol. The van der Waals surface area contributed by atoms with Gasteiger partial charge in [0.2, 0.25) is 5.88 Å². The van der Waals surface area contributed by atoms with E-state index in [2.05, 4.69) is 22.1 Å². The van der Waals surface area contributed by atoms with E-state index in [1.54, 1.807) is 19.3 Å². The number of hydrogen-bond acceptors (Lipinski definition) is 4. The fraction of sp³-hybridized carbons (Fsp3) is 0.412. The number of aryl methyl sites for hydroxylation is 2. The molecule has 1 unspecified atom stereocenters. The Morgan fingerprint density at radius 2 is 1.81 bits per heavy atom. The van der Waals surface area contributed by atoms with Crippen LogP contribution in [0.2, 0.25) is 0 Å². The van der Waals surface area contributed by atoms with E-state index in [4.69, 9.17) is 4.74 Å². The van der Waals surface area contributed by atoms with Gasteiger partial charge in [-0.2, -0.15) is 0 Å². The van der Waals surface area contributed by atoms with Gasteiger partial charge in [0.1, 0.15) is 11.3 Å². The SMILES string of the molecule is COc1nccnc1C(C)(O)c1ccc2c(c1)CCCC2. The Labute approximate surface area is 124 Å². The number of aromatic nitrogens is 2. The standard InChI is InChI=1S/C17H20N2O2/c1-17(20,15-16(21-2)19-10-9-18-15)14-8-7-12-5-3-4-6-13(12)11-14/h7-11,20H,3-6H2,1-2H3. The molecule has 4 nitrogen and oxygen atoms in total. The molecule has 0 amide bonds. The first kappa shape index (κ1) is 14.0.